The van der Waals surface area contributed by atoms with E-state index in [2.05, 4.69) is 37.2 Å². The molecule has 0 aliphatic carbocycles. The number of amides is 1. The van der Waals surface area contributed by atoms with E-state index in [-0.39, 0.29) is 24.2 Å². The Morgan fingerprint density at radius 2 is 1.93 bits per heavy atom. The van der Waals surface area contributed by atoms with Gasteiger partial charge in [-0.1, -0.05) is 59.3 Å². The summed E-state index contributed by atoms with van der Waals surface area (Å²) in [6, 6.07) is 13.7. The van der Waals surface area contributed by atoms with Crippen LogP contribution in [0.25, 0.3) is 11.2 Å². The summed E-state index contributed by atoms with van der Waals surface area (Å²) in [6.45, 7) is 4.19. The monoisotopic (exact) mass is 579 g/mol. The van der Waals surface area contributed by atoms with E-state index >= 15 is 0 Å². The Hall–Kier alpha value is -3.34. The van der Waals surface area contributed by atoms with Crippen molar-refractivity contribution < 1.29 is 9.69 Å². The fourth-order valence-corrected chi connectivity index (χ4v) is 7.23. The van der Waals surface area contributed by atoms with Gasteiger partial charge in [-0.25, -0.2) is 9.78 Å². The molecule has 1 N–H and O–H groups in total. The van der Waals surface area contributed by atoms with Gasteiger partial charge in [0, 0.05) is 31.2 Å². The van der Waals surface area contributed by atoms with Crippen LogP contribution in [0.3, 0.4) is 0 Å². The molecule has 4 aromatic rings. The van der Waals surface area contributed by atoms with Gasteiger partial charge in [0.25, 0.3) is 5.56 Å². The number of carbonyl (C=O) groups excluding carboxylic acids is 1. The maximum Gasteiger partial charge on any atom is 0.332 e. The Kier molecular flexibility index (Phi) is 6.88. The highest BCUT2D eigenvalue weighted by atomic mass is 35.5. The molecule has 2 aliphatic heterocycles. The van der Waals surface area contributed by atoms with Crippen molar-refractivity contribution in [3.05, 3.63) is 85.0 Å². The number of nitrogens with one attached hydrogen (secondary N) is 1. The zero-order valence-corrected chi connectivity index (χ0v) is 24.6. The predicted octanol–water partition coefficient (Wildman–Crippen LogP) is 1.95. The smallest absolute Gasteiger partial charge is 0.332 e. The van der Waals surface area contributed by atoms with Crippen molar-refractivity contribution >= 4 is 46.1 Å². The Balaban J connectivity index is 1.30. The third-order valence-electron chi connectivity index (χ3n) is 8.27. The zero-order valence-electron chi connectivity index (χ0n) is 23.0. The molecule has 2 aliphatic rings. The largest absolute Gasteiger partial charge is 0.337 e. The second kappa shape index (κ2) is 10.2. The van der Waals surface area contributed by atoms with Gasteiger partial charge in [-0.05, 0) is 30.2 Å². The minimum absolute atomic E-state index is 0.0271. The molecule has 0 bridgehead atoms. The van der Waals surface area contributed by atoms with Crippen LogP contribution in [0.15, 0.2) is 57.2 Å². The first-order valence-corrected chi connectivity index (χ1v) is 14.8. The minimum Gasteiger partial charge on any atom is -0.337 e. The number of carbonyl (C=O) groups is 1. The van der Waals surface area contributed by atoms with Crippen molar-refractivity contribution in [1.29, 1.82) is 0 Å². The molecule has 6 rings (SSSR count). The SMILES string of the molecule is Cc1ccc2c(c1)[C@H]1C[NH+](C)CC[C@H]1N2C(=O)CSc1nc2c(c(=O)n(Cc3ccccc3Cl)c(=O)n2C)n1C. The molecular formula is C29H32ClN6O3S+. The number of aromatic nitrogens is 4. The zero-order chi connectivity index (χ0) is 28.3. The van der Waals surface area contributed by atoms with Gasteiger partial charge < -0.3 is 14.4 Å². The van der Waals surface area contributed by atoms with Gasteiger partial charge in [0.05, 0.1) is 44.4 Å². The lowest BCUT2D eigenvalue weighted by molar-refractivity contribution is -0.886. The second-order valence-corrected chi connectivity index (χ2v) is 12.3. The van der Waals surface area contributed by atoms with E-state index in [9.17, 15) is 14.4 Å². The summed E-state index contributed by atoms with van der Waals surface area (Å²) in [5.41, 5.74) is 3.85. The summed E-state index contributed by atoms with van der Waals surface area (Å²) in [7, 11) is 5.57. The summed E-state index contributed by atoms with van der Waals surface area (Å²) in [6.07, 6.45) is 0.958. The van der Waals surface area contributed by atoms with Crippen LogP contribution in [-0.4, -0.2) is 56.5 Å². The van der Waals surface area contributed by atoms with Crippen LogP contribution in [-0.2, 0) is 25.4 Å². The number of quaternary nitrogens is 1. The van der Waals surface area contributed by atoms with Crippen molar-refractivity contribution in [2.24, 2.45) is 14.1 Å². The summed E-state index contributed by atoms with van der Waals surface area (Å²) in [5.74, 6) is 0.539. The number of anilines is 1. The Labute approximate surface area is 241 Å². The van der Waals surface area contributed by atoms with Gasteiger partial charge in [0.15, 0.2) is 16.3 Å². The Morgan fingerprint density at radius 3 is 2.70 bits per heavy atom. The normalized spacial score (nSPS) is 20.1. The summed E-state index contributed by atoms with van der Waals surface area (Å²) >= 11 is 7.60. The third kappa shape index (κ3) is 4.38. The van der Waals surface area contributed by atoms with E-state index in [1.807, 2.05) is 11.0 Å². The molecule has 0 spiro atoms. The number of hydrogen-bond donors (Lipinski definition) is 1. The number of thioether (sulfide) groups is 1. The number of likely N-dealkylation sites (N-methyl/N-ethyl adjacent to an activating group) is 1. The van der Waals surface area contributed by atoms with Crippen molar-refractivity contribution in [2.75, 3.05) is 30.8 Å². The van der Waals surface area contributed by atoms with Crippen LogP contribution in [0.5, 0.6) is 0 Å². The highest BCUT2D eigenvalue weighted by molar-refractivity contribution is 7.99. The number of hydrogen-bond acceptors (Lipinski definition) is 5. The highest BCUT2D eigenvalue weighted by Gasteiger charge is 2.45. The first-order chi connectivity index (χ1) is 19.2. The molecule has 9 nitrogen and oxygen atoms in total. The number of fused-ring (bicyclic) bond motifs is 4. The molecule has 3 atom stereocenters. The van der Waals surface area contributed by atoms with Crippen LogP contribution in [0, 0.1) is 6.92 Å². The molecule has 208 valence electrons. The van der Waals surface area contributed by atoms with E-state index in [1.165, 1.54) is 36.9 Å². The van der Waals surface area contributed by atoms with Crippen LogP contribution in [0.1, 0.15) is 29.0 Å². The number of nitrogens with zero attached hydrogens (tertiary/aromatic N) is 5. The van der Waals surface area contributed by atoms with Crippen molar-refractivity contribution in [3.63, 3.8) is 0 Å². The maximum absolute atomic E-state index is 13.7. The lowest BCUT2D eigenvalue weighted by Crippen LogP contribution is -3.11. The van der Waals surface area contributed by atoms with E-state index in [4.69, 9.17) is 11.6 Å². The Bertz CT molecular complexity index is 1780. The maximum atomic E-state index is 13.7. The van der Waals surface area contributed by atoms with Gasteiger partial charge in [-0.3, -0.25) is 18.7 Å². The van der Waals surface area contributed by atoms with Crippen molar-refractivity contribution in [2.45, 2.75) is 37.0 Å². The van der Waals surface area contributed by atoms with Crippen LogP contribution in [0.2, 0.25) is 5.02 Å². The summed E-state index contributed by atoms with van der Waals surface area (Å²) in [5, 5.41) is 1.00. The van der Waals surface area contributed by atoms with E-state index < -0.39 is 11.2 Å². The van der Waals surface area contributed by atoms with Gasteiger partial charge in [0.2, 0.25) is 5.91 Å². The average Bonchev–Trinajstić information content (AvgIpc) is 3.43. The highest BCUT2D eigenvalue weighted by Crippen LogP contribution is 2.43. The van der Waals surface area contributed by atoms with Crippen LogP contribution < -0.4 is 21.0 Å². The number of likely N-dealkylation sites (tertiary alicyclic amines) is 1. The van der Waals surface area contributed by atoms with Crippen molar-refractivity contribution in [3.8, 4) is 0 Å². The van der Waals surface area contributed by atoms with Gasteiger partial charge in [-0.15, -0.1) is 0 Å². The number of aryl methyl sites for hydroxylation is 3. The summed E-state index contributed by atoms with van der Waals surface area (Å²) < 4.78 is 4.24. The molecule has 1 saturated heterocycles. The number of imidazole rings is 1. The van der Waals surface area contributed by atoms with Crippen molar-refractivity contribution in [1.82, 2.24) is 18.7 Å². The first-order valence-electron chi connectivity index (χ1n) is 13.4. The van der Waals surface area contributed by atoms with Gasteiger partial charge in [-0.2, -0.15) is 0 Å². The average molecular weight is 580 g/mol. The lowest BCUT2D eigenvalue weighted by atomic mass is 9.89. The molecule has 1 fully saturated rings. The number of piperidine rings is 1. The molecule has 4 heterocycles. The summed E-state index contributed by atoms with van der Waals surface area (Å²) in [4.78, 5) is 48.5. The molecule has 0 radical (unpaired) electrons. The van der Waals surface area contributed by atoms with Crippen LogP contribution >= 0.6 is 23.4 Å². The molecule has 2 aromatic carbocycles. The predicted molar refractivity (Wildman–Crippen MR) is 158 cm³/mol. The topological polar surface area (TPSA) is 86.6 Å². The fourth-order valence-electron chi connectivity index (χ4n) is 6.21. The standard InChI is InChI=1S/C29H31ClN6O3S/c1-17-9-10-22-19(13-17)20-15-32(2)12-11-23(20)36(22)24(37)16-40-28-31-26-25(33(28)3)27(38)35(29(39)34(26)4)14-18-7-5-6-8-21(18)30/h5-10,13,20,23H,11-12,14-16H2,1-4H3/p+1/t20-,23-/m1/s1. The van der Waals surface area contributed by atoms with E-state index in [0.29, 0.717) is 32.8 Å². The molecule has 0 saturated carbocycles. The van der Waals surface area contributed by atoms with E-state index in [0.717, 1.165) is 25.2 Å². The molecule has 40 heavy (non-hydrogen) atoms. The lowest BCUT2D eigenvalue weighted by Gasteiger charge is -2.34. The quantitative estimate of drug-likeness (QED) is 0.365. The minimum atomic E-state index is -0.470. The number of halogens is 1. The van der Waals surface area contributed by atoms with E-state index in [1.54, 1.807) is 36.9 Å². The third-order valence-corrected chi connectivity index (χ3v) is 9.66. The Morgan fingerprint density at radius 1 is 1.15 bits per heavy atom. The second-order valence-electron chi connectivity index (χ2n) is 10.9. The molecular weight excluding hydrogens is 548 g/mol. The fraction of sp³-hybridized carbons (Fsp3) is 0.379. The van der Waals surface area contributed by atoms with Gasteiger partial charge in [0.1, 0.15) is 0 Å². The van der Waals surface area contributed by atoms with Gasteiger partial charge >= 0.3 is 5.69 Å². The molecule has 11 heteroatoms. The molecule has 1 unspecified atom stereocenters. The van der Waals surface area contributed by atoms with Crippen LogP contribution in [0.4, 0.5) is 5.69 Å². The number of rotatable bonds is 5. The molecule has 1 amide bonds. The number of benzene rings is 2. The first kappa shape index (κ1) is 26.9. The molecule has 2 aromatic heterocycles.